The Bertz CT molecular complexity index is 261. The summed E-state index contributed by atoms with van der Waals surface area (Å²) in [4.78, 5) is 2.24. The third-order valence-electron chi connectivity index (χ3n) is 2.17. The highest BCUT2D eigenvalue weighted by atomic mass is 35.5. The lowest BCUT2D eigenvalue weighted by Crippen LogP contribution is -2.28. The first kappa shape index (κ1) is 8.75. The Hall–Kier alpha value is -0.830. The van der Waals surface area contributed by atoms with Crippen molar-refractivity contribution in [2.45, 2.75) is 18.9 Å². The lowest BCUT2D eigenvalue weighted by molar-refractivity contribution is 0.794. The Kier molecular flexibility index (Phi) is 2.64. The quantitative estimate of drug-likeness (QED) is 0.688. The van der Waals surface area contributed by atoms with Crippen LogP contribution in [0.2, 0.25) is 0 Å². The van der Waals surface area contributed by atoms with Crippen LogP contribution in [0.5, 0.6) is 0 Å². The molecule has 0 spiro atoms. The molecule has 0 atom stereocenters. The van der Waals surface area contributed by atoms with Gasteiger partial charge in [0.2, 0.25) is 0 Å². The Morgan fingerprint density at radius 3 is 2.92 bits per heavy atom. The zero-order valence-electron chi connectivity index (χ0n) is 7.36. The molecule has 0 N–H and O–H groups in total. The van der Waals surface area contributed by atoms with Gasteiger partial charge in [0, 0.05) is 24.7 Å². The smallest absolute Gasteiger partial charge is 0.151 e. The van der Waals surface area contributed by atoms with E-state index in [-0.39, 0.29) is 0 Å². The van der Waals surface area contributed by atoms with Crippen molar-refractivity contribution in [3.8, 4) is 0 Å². The van der Waals surface area contributed by atoms with Gasteiger partial charge in [-0.25, -0.2) is 0 Å². The number of nitrogens with zero attached hydrogens (tertiary/aromatic N) is 3. The fourth-order valence-corrected chi connectivity index (χ4v) is 1.59. The van der Waals surface area contributed by atoms with E-state index in [4.69, 9.17) is 11.6 Å². The molecule has 1 heterocycles. The van der Waals surface area contributed by atoms with Gasteiger partial charge in [-0.3, -0.25) is 0 Å². The van der Waals surface area contributed by atoms with Crippen molar-refractivity contribution in [1.29, 1.82) is 0 Å². The third-order valence-corrected chi connectivity index (χ3v) is 2.33. The van der Waals surface area contributed by atoms with Crippen LogP contribution in [0.3, 0.4) is 0 Å². The van der Waals surface area contributed by atoms with Crippen LogP contribution in [0, 0.1) is 0 Å². The van der Waals surface area contributed by atoms with Crippen molar-refractivity contribution in [3.05, 3.63) is 18.3 Å². The van der Waals surface area contributed by atoms with Gasteiger partial charge in [0.1, 0.15) is 0 Å². The Morgan fingerprint density at radius 2 is 2.38 bits per heavy atom. The molecule has 13 heavy (non-hydrogen) atoms. The summed E-state index contributed by atoms with van der Waals surface area (Å²) >= 11 is 5.73. The SMILES string of the molecule is ClCCN(c1cccnn1)C1CC1. The van der Waals surface area contributed by atoms with Gasteiger partial charge in [-0.1, -0.05) is 0 Å². The van der Waals surface area contributed by atoms with Crippen LogP contribution in [-0.4, -0.2) is 28.7 Å². The molecular weight excluding hydrogens is 186 g/mol. The van der Waals surface area contributed by atoms with E-state index in [0.717, 1.165) is 12.4 Å². The minimum atomic E-state index is 0.646. The van der Waals surface area contributed by atoms with Gasteiger partial charge in [0.05, 0.1) is 0 Å². The fraction of sp³-hybridized carbons (Fsp3) is 0.556. The van der Waals surface area contributed by atoms with Crippen LogP contribution in [0.25, 0.3) is 0 Å². The van der Waals surface area contributed by atoms with Crippen LogP contribution in [0.4, 0.5) is 5.82 Å². The van der Waals surface area contributed by atoms with Crippen molar-refractivity contribution >= 4 is 17.4 Å². The number of alkyl halides is 1. The largest absolute Gasteiger partial charge is 0.351 e. The van der Waals surface area contributed by atoms with E-state index < -0.39 is 0 Å². The standard InChI is InChI=1S/C9H12ClN3/c10-5-7-13(8-3-4-8)9-2-1-6-11-12-9/h1-2,6,8H,3-5,7H2. The monoisotopic (exact) mass is 197 g/mol. The molecule has 4 heteroatoms. The summed E-state index contributed by atoms with van der Waals surface area (Å²) < 4.78 is 0. The molecule has 1 saturated carbocycles. The van der Waals surface area contributed by atoms with Gasteiger partial charge < -0.3 is 4.90 Å². The van der Waals surface area contributed by atoms with Gasteiger partial charge in [-0.15, -0.1) is 16.7 Å². The average Bonchev–Trinajstić information content (AvgIpc) is 2.99. The molecule has 1 aliphatic rings. The van der Waals surface area contributed by atoms with E-state index in [1.807, 2.05) is 12.1 Å². The highest BCUT2D eigenvalue weighted by Crippen LogP contribution is 2.29. The van der Waals surface area contributed by atoms with Gasteiger partial charge in [-0.2, -0.15) is 5.10 Å². The number of anilines is 1. The van der Waals surface area contributed by atoms with Gasteiger partial charge >= 0.3 is 0 Å². The molecule has 0 amide bonds. The maximum absolute atomic E-state index is 5.73. The second kappa shape index (κ2) is 3.92. The summed E-state index contributed by atoms with van der Waals surface area (Å²) in [5.41, 5.74) is 0. The first-order valence-electron chi connectivity index (χ1n) is 4.52. The van der Waals surface area contributed by atoms with Gasteiger partial charge in [0.25, 0.3) is 0 Å². The predicted molar refractivity (Wildman–Crippen MR) is 53.1 cm³/mol. The molecule has 0 saturated heterocycles. The average molecular weight is 198 g/mol. The molecule has 70 valence electrons. The number of hydrogen-bond acceptors (Lipinski definition) is 3. The number of hydrogen-bond donors (Lipinski definition) is 0. The lowest BCUT2D eigenvalue weighted by atomic mass is 10.4. The van der Waals surface area contributed by atoms with Crippen LogP contribution < -0.4 is 4.90 Å². The van der Waals surface area contributed by atoms with Crippen LogP contribution >= 0.6 is 11.6 Å². The highest BCUT2D eigenvalue weighted by Gasteiger charge is 2.29. The highest BCUT2D eigenvalue weighted by molar-refractivity contribution is 6.18. The lowest BCUT2D eigenvalue weighted by Gasteiger charge is -2.21. The molecule has 2 rings (SSSR count). The molecule has 0 aliphatic heterocycles. The molecule has 0 bridgehead atoms. The minimum absolute atomic E-state index is 0.646. The van der Waals surface area contributed by atoms with E-state index in [1.165, 1.54) is 12.8 Å². The van der Waals surface area contributed by atoms with Gasteiger partial charge in [0.15, 0.2) is 5.82 Å². The van der Waals surface area contributed by atoms with E-state index in [9.17, 15) is 0 Å². The summed E-state index contributed by atoms with van der Waals surface area (Å²) in [7, 11) is 0. The van der Waals surface area contributed by atoms with Crippen LogP contribution in [-0.2, 0) is 0 Å². The molecule has 3 nitrogen and oxygen atoms in total. The summed E-state index contributed by atoms with van der Waals surface area (Å²) in [5, 5.41) is 7.94. The molecule has 1 fully saturated rings. The maximum atomic E-state index is 5.73. The first-order valence-corrected chi connectivity index (χ1v) is 5.05. The fourth-order valence-electron chi connectivity index (χ4n) is 1.41. The topological polar surface area (TPSA) is 29.0 Å². The Labute approximate surface area is 82.7 Å². The predicted octanol–water partition coefficient (Wildman–Crippen LogP) is 1.68. The minimum Gasteiger partial charge on any atom is -0.351 e. The van der Waals surface area contributed by atoms with E-state index in [0.29, 0.717) is 11.9 Å². The molecule has 1 aromatic rings. The number of halogens is 1. The van der Waals surface area contributed by atoms with Crippen molar-refractivity contribution in [2.75, 3.05) is 17.3 Å². The second-order valence-electron chi connectivity index (χ2n) is 3.20. The third kappa shape index (κ3) is 2.10. The Balaban J connectivity index is 2.10. The zero-order valence-corrected chi connectivity index (χ0v) is 8.11. The van der Waals surface area contributed by atoms with Crippen LogP contribution in [0.1, 0.15) is 12.8 Å². The number of aromatic nitrogens is 2. The van der Waals surface area contributed by atoms with E-state index >= 15 is 0 Å². The van der Waals surface area contributed by atoms with Gasteiger partial charge in [-0.05, 0) is 25.0 Å². The summed E-state index contributed by atoms with van der Waals surface area (Å²) in [6.07, 6.45) is 4.20. The number of rotatable bonds is 4. The molecule has 0 aromatic carbocycles. The molecule has 1 aromatic heterocycles. The molecular formula is C9H12ClN3. The maximum Gasteiger partial charge on any atom is 0.151 e. The summed E-state index contributed by atoms with van der Waals surface area (Å²) in [6, 6.07) is 4.54. The normalized spacial score (nSPS) is 15.8. The van der Waals surface area contributed by atoms with E-state index in [2.05, 4.69) is 15.1 Å². The first-order chi connectivity index (χ1) is 6.42. The molecule has 0 unspecified atom stereocenters. The molecule has 1 aliphatic carbocycles. The zero-order chi connectivity index (χ0) is 9.10. The summed E-state index contributed by atoms with van der Waals surface area (Å²) in [6.45, 7) is 0.866. The van der Waals surface area contributed by atoms with Crippen molar-refractivity contribution in [2.24, 2.45) is 0 Å². The van der Waals surface area contributed by atoms with Crippen molar-refractivity contribution in [3.63, 3.8) is 0 Å². The second-order valence-corrected chi connectivity index (χ2v) is 3.57. The summed E-state index contributed by atoms with van der Waals surface area (Å²) in [5.74, 6) is 1.60. The Morgan fingerprint density at radius 1 is 1.54 bits per heavy atom. The van der Waals surface area contributed by atoms with Crippen molar-refractivity contribution in [1.82, 2.24) is 10.2 Å². The van der Waals surface area contributed by atoms with E-state index in [1.54, 1.807) is 6.20 Å². The van der Waals surface area contributed by atoms with Crippen LogP contribution in [0.15, 0.2) is 18.3 Å². The van der Waals surface area contributed by atoms with Crippen molar-refractivity contribution < 1.29 is 0 Å². The molecule has 0 radical (unpaired) electrons.